The predicted molar refractivity (Wildman–Crippen MR) is 36.0 cm³/mol. The zero-order chi connectivity index (χ0) is 6.69. The maximum atomic E-state index is 5.16. The van der Waals surface area contributed by atoms with E-state index in [-0.39, 0.29) is 0 Å². The molecule has 1 fully saturated rings. The molecule has 1 saturated heterocycles. The smallest absolute Gasteiger partial charge is 0.0725 e. The SMILES string of the molecule is CNN1CCC(OC)C1. The predicted octanol–water partition coefficient (Wildman–Crippen LogP) is -0.159. The Morgan fingerprint density at radius 2 is 2.44 bits per heavy atom. The molecule has 1 aliphatic heterocycles. The van der Waals surface area contributed by atoms with Crippen LogP contribution in [0.4, 0.5) is 0 Å². The van der Waals surface area contributed by atoms with Crippen LogP contribution in [0.5, 0.6) is 0 Å². The van der Waals surface area contributed by atoms with Crippen LogP contribution in [0, 0.1) is 0 Å². The third kappa shape index (κ3) is 1.64. The maximum absolute atomic E-state index is 5.16. The number of nitrogens with one attached hydrogen (secondary N) is 1. The molecule has 0 aromatic heterocycles. The highest BCUT2D eigenvalue weighted by atomic mass is 16.5. The van der Waals surface area contributed by atoms with Crippen LogP contribution in [0.1, 0.15) is 6.42 Å². The van der Waals surface area contributed by atoms with Gasteiger partial charge in [0.25, 0.3) is 0 Å². The van der Waals surface area contributed by atoms with Crippen LogP contribution in [0.2, 0.25) is 0 Å². The molecular formula is C6H14N2O. The fourth-order valence-electron chi connectivity index (χ4n) is 1.12. The first-order valence-electron chi connectivity index (χ1n) is 3.32. The number of ether oxygens (including phenoxy) is 1. The van der Waals surface area contributed by atoms with Crippen LogP contribution in [0.15, 0.2) is 0 Å². The largest absolute Gasteiger partial charge is 0.380 e. The number of nitrogens with zero attached hydrogens (tertiary/aromatic N) is 1. The van der Waals surface area contributed by atoms with Gasteiger partial charge in [0, 0.05) is 20.2 Å². The zero-order valence-electron chi connectivity index (χ0n) is 6.05. The van der Waals surface area contributed by atoms with Crippen molar-refractivity contribution >= 4 is 0 Å². The third-order valence-corrected chi connectivity index (χ3v) is 1.79. The molecule has 0 bridgehead atoms. The maximum Gasteiger partial charge on any atom is 0.0725 e. The van der Waals surface area contributed by atoms with E-state index in [1.54, 1.807) is 7.11 Å². The van der Waals surface area contributed by atoms with Gasteiger partial charge in [-0.3, -0.25) is 5.43 Å². The quantitative estimate of drug-likeness (QED) is 0.562. The molecule has 1 N–H and O–H groups in total. The van der Waals surface area contributed by atoms with E-state index in [4.69, 9.17) is 4.74 Å². The highest BCUT2D eigenvalue weighted by Crippen LogP contribution is 2.07. The molecule has 3 nitrogen and oxygen atoms in total. The lowest BCUT2D eigenvalue weighted by molar-refractivity contribution is 0.102. The molecule has 0 aromatic rings. The summed E-state index contributed by atoms with van der Waals surface area (Å²) in [4.78, 5) is 0. The molecule has 3 heteroatoms. The van der Waals surface area contributed by atoms with Gasteiger partial charge in [-0.05, 0) is 13.5 Å². The minimum absolute atomic E-state index is 0.442. The van der Waals surface area contributed by atoms with Gasteiger partial charge >= 0.3 is 0 Å². The van der Waals surface area contributed by atoms with Crippen molar-refractivity contribution in [3.63, 3.8) is 0 Å². The van der Waals surface area contributed by atoms with Gasteiger partial charge in [0.2, 0.25) is 0 Å². The topological polar surface area (TPSA) is 24.5 Å². The van der Waals surface area contributed by atoms with Crippen LogP contribution in [0.3, 0.4) is 0 Å². The van der Waals surface area contributed by atoms with Crippen molar-refractivity contribution < 1.29 is 4.74 Å². The van der Waals surface area contributed by atoms with Gasteiger partial charge in [0.1, 0.15) is 0 Å². The molecule has 0 amide bonds. The summed E-state index contributed by atoms with van der Waals surface area (Å²) in [5.74, 6) is 0. The van der Waals surface area contributed by atoms with E-state index in [0.29, 0.717) is 6.10 Å². The lowest BCUT2D eigenvalue weighted by atomic mass is 10.3. The first-order valence-corrected chi connectivity index (χ1v) is 3.32. The van der Waals surface area contributed by atoms with Gasteiger partial charge in [-0.25, -0.2) is 5.01 Å². The molecule has 1 unspecified atom stereocenters. The zero-order valence-corrected chi connectivity index (χ0v) is 6.05. The summed E-state index contributed by atoms with van der Waals surface area (Å²) in [5, 5.41) is 2.16. The van der Waals surface area contributed by atoms with Gasteiger partial charge in [-0.2, -0.15) is 0 Å². The molecule has 0 radical (unpaired) electrons. The Hall–Kier alpha value is -0.120. The van der Waals surface area contributed by atoms with Crippen molar-refractivity contribution in [2.45, 2.75) is 12.5 Å². The molecule has 0 saturated carbocycles. The Morgan fingerprint density at radius 1 is 1.67 bits per heavy atom. The molecule has 54 valence electrons. The monoisotopic (exact) mass is 130 g/mol. The van der Waals surface area contributed by atoms with E-state index in [0.717, 1.165) is 19.5 Å². The molecule has 9 heavy (non-hydrogen) atoms. The van der Waals surface area contributed by atoms with Crippen LogP contribution < -0.4 is 5.43 Å². The molecule has 1 atom stereocenters. The number of rotatable bonds is 2. The Labute approximate surface area is 56.0 Å². The van der Waals surface area contributed by atoms with E-state index in [9.17, 15) is 0 Å². The minimum Gasteiger partial charge on any atom is -0.380 e. The van der Waals surface area contributed by atoms with Gasteiger partial charge in [-0.15, -0.1) is 0 Å². The fraction of sp³-hybridized carbons (Fsp3) is 1.00. The Kier molecular flexibility index (Phi) is 2.45. The number of methoxy groups -OCH3 is 1. The summed E-state index contributed by atoms with van der Waals surface area (Å²) in [7, 11) is 3.71. The summed E-state index contributed by atoms with van der Waals surface area (Å²) in [6.07, 6.45) is 1.59. The molecule has 0 aliphatic carbocycles. The highest BCUT2D eigenvalue weighted by Gasteiger charge is 2.19. The van der Waals surface area contributed by atoms with Crippen LogP contribution >= 0.6 is 0 Å². The molecule has 0 aromatic carbocycles. The van der Waals surface area contributed by atoms with Gasteiger partial charge < -0.3 is 4.74 Å². The number of hydrazine groups is 1. The Balaban J connectivity index is 2.20. The first-order chi connectivity index (χ1) is 4.36. The normalized spacial score (nSPS) is 29.3. The van der Waals surface area contributed by atoms with E-state index < -0.39 is 0 Å². The average molecular weight is 130 g/mol. The number of hydrogen-bond acceptors (Lipinski definition) is 3. The standard InChI is InChI=1S/C6H14N2O/c1-7-8-4-3-6(5-8)9-2/h6-7H,3-5H2,1-2H3. The third-order valence-electron chi connectivity index (χ3n) is 1.79. The summed E-state index contributed by atoms with van der Waals surface area (Å²) in [5.41, 5.74) is 3.08. The molecule has 1 heterocycles. The first kappa shape index (κ1) is 6.99. The van der Waals surface area contributed by atoms with Crippen molar-refractivity contribution in [2.24, 2.45) is 0 Å². The van der Waals surface area contributed by atoms with Crippen molar-refractivity contribution in [3.8, 4) is 0 Å². The van der Waals surface area contributed by atoms with Crippen LogP contribution in [-0.2, 0) is 4.74 Å². The van der Waals surface area contributed by atoms with E-state index in [2.05, 4.69) is 10.4 Å². The summed E-state index contributed by atoms with van der Waals surface area (Å²) < 4.78 is 5.16. The molecule has 1 rings (SSSR count). The van der Waals surface area contributed by atoms with E-state index in [1.165, 1.54) is 0 Å². The second kappa shape index (κ2) is 3.15. The van der Waals surface area contributed by atoms with E-state index in [1.807, 2.05) is 7.05 Å². The molecular weight excluding hydrogens is 116 g/mol. The summed E-state index contributed by atoms with van der Waals surface area (Å²) >= 11 is 0. The second-order valence-corrected chi connectivity index (χ2v) is 2.32. The van der Waals surface area contributed by atoms with Crippen molar-refractivity contribution in [2.75, 3.05) is 27.2 Å². The molecule has 0 spiro atoms. The van der Waals surface area contributed by atoms with Crippen molar-refractivity contribution in [1.29, 1.82) is 0 Å². The van der Waals surface area contributed by atoms with Crippen LogP contribution in [0.25, 0.3) is 0 Å². The summed E-state index contributed by atoms with van der Waals surface area (Å²) in [6, 6.07) is 0. The summed E-state index contributed by atoms with van der Waals surface area (Å²) in [6.45, 7) is 2.13. The van der Waals surface area contributed by atoms with E-state index >= 15 is 0 Å². The highest BCUT2D eigenvalue weighted by molar-refractivity contribution is 4.71. The van der Waals surface area contributed by atoms with Crippen molar-refractivity contribution in [1.82, 2.24) is 10.4 Å². The van der Waals surface area contributed by atoms with Gasteiger partial charge in [0.05, 0.1) is 6.10 Å². The Morgan fingerprint density at radius 3 is 2.78 bits per heavy atom. The van der Waals surface area contributed by atoms with Crippen LogP contribution in [-0.4, -0.2) is 38.4 Å². The Bertz CT molecular complexity index is 77.1. The lowest BCUT2D eigenvalue weighted by Crippen LogP contribution is -2.33. The average Bonchev–Trinajstić information content (AvgIpc) is 2.34. The van der Waals surface area contributed by atoms with Gasteiger partial charge in [-0.1, -0.05) is 0 Å². The minimum atomic E-state index is 0.442. The second-order valence-electron chi connectivity index (χ2n) is 2.32. The lowest BCUT2D eigenvalue weighted by Gasteiger charge is -2.12. The van der Waals surface area contributed by atoms with Gasteiger partial charge in [0.15, 0.2) is 0 Å². The molecule has 1 aliphatic rings. The number of hydrogen-bond donors (Lipinski definition) is 1. The van der Waals surface area contributed by atoms with Crippen molar-refractivity contribution in [3.05, 3.63) is 0 Å². The fourth-order valence-corrected chi connectivity index (χ4v) is 1.12.